The van der Waals surface area contributed by atoms with E-state index in [0.717, 1.165) is 22.8 Å². The van der Waals surface area contributed by atoms with Crippen molar-refractivity contribution in [3.05, 3.63) is 53.0 Å². The Balaban J connectivity index is 2.24. The van der Waals surface area contributed by atoms with Crippen LogP contribution >= 0.6 is 0 Å². The van der Waals surface area contributed by atoms with Crippen LogP contribution in [0.1, 0.15) is 64.1 Å². The number of aryl methyl sites for hydroxylation is 3. The Bertz CT molecular complexity index is 1030. The van der Waals surface area contributed by atoms with E-state index in [0.29, 0.717) is 0 Å². The zero-order chi connectivity index (χ0) is 21.7. The molecule has 0 saturated heterocycles. The minimum Gasteiger partial charge on any atom is -0.233 e. The van der Waals surface area contributed by atoms with Gasteiger partial charge in [0.15, 0.2) is 19.1 Å². The summed E-state index contributed by atoms with van der Waals surface area (Å²) in [7, 11) is 4.17. The van der Waals surface area contributed by atoms with Crippen molar-refractivity contribution in [2.24, 2.45) is 14.1 Å². The van der Waals surface area contributed by atoms with E-state index >= 15 is 0 Å². The summed E-state index contributed by atoms with van der Waals surface area (Å²) in [5, 5.41) is 0. The maximum absolute atomic E-state index is 4.98. The van der Waals surface area contributed by atoms with Gasteiger partial charge in [0.05, 0.1) is 18.4 Å². The smallest absolute Gasteiger partial charge is 0.198 e. The lowest BCUT2D eigenvalue weighted by Crippen LogP contribution is -2.36. The van der Waals surface area contributed by atoms with Gasteiger partial charge in [-0.05, 0) is 31.5 Å². The highest BCUT2D eigenvalue weighted by Gasteiger charge is 2.24. The molecule has 0 fully saturated rings. The summed E-state index contributed by atoms with van der Waals surface area (Å²) in [5.41, 5.74) is 8.12. The van der Waals surface area contributed by atoms with Gasteiger partial charge in [-0.25, -0.2) is 9.97 Å². The molecule has 0 N–H and O–H groups in total. The van der Waals surface area contributed by atoms with Crippen LogP contribution in [0, 0.1) is 13.8 Å². The van der Waals surface area contributed by atoms with Crippen LogP contribution < -0.4 is 4.68 Å². The molecule has 0 aliphatic carbocycles. The van der Waals surface area contributed by atoms with Crippen LogP contribution in [0.4, 0.5) is 0 Å². The van der Waals surface area contributed by atoms with E-state index in [-0.39, 0.29) is 10.8 Å². The van der Waals surface area contributed by atoms with Crippen LogP contribution in [0.3, 0.4) is 0 Å². The van der Waals surface area contributed by atoms with Crippen LogP contribution in [0.15, 0.2) is 30.5 Å². The van der Waals surface area contributed by atoms with Crippen molar-refractivity contribution >= 4 is 0 Å². The number of aromatic nitrogens is 4. The van der Waals surface area contributed by atoms with Crippen molar-refractivity contribution in [1.29, 1.82) is 0 Å². The van der Waals surface area contributed by atoms with Crippen molar-refractivity contribution in [1.82, 2.24) is 14.6 Å². The lowest BCUT2D eigenvalue weighted by Gasteiger charge is -2.24. The van der Waals surface area contributed by atoms with E-state index in [4.69, 9.17) is 9.97 Å². The molecule has 4 heteroatoms. The number of rotatable bonds is 2. The zero-order valence-corrected chi connectivity index (χ0v) is 19.7. The van der Waals surface area contributed by atoms with E-state index in [1.54, 1.807) is 0 Å². The molecule has 0 unspecified atom stereocenters. The maximum Gasteiger partial charge on any atom is 0.198 e. The predicted molar refractivity (Wildman–Crippen MR) is 120 cm³/mol. The standard InChI is InChI=1S/C25H35N4/c1-16-11-12-18(13-19(16)22-17(2)15-28(9)29(22)10)23-26-20(24(3,4)5)14-21(27-23)25(6,7)8/h11-15H,1-10H3/q+1. The third kappa shape index (κ3) is 4.12. The van der Waals surface area contributed by atoms with Gasteiger partial charge in [0.25, 0.3) is 0 Å². The van der Waals surface area contributed by atoms with E-state index < -0.39 is 0 Å². The van der Waals surface area contributed by atoms with Crippen LogP contribution in [0.2, 0.25) is 0 Å². The van der Waals surface area contributed by atoms with Gasteiger partial charge in [-0.1, -0.05) is 53.7 Å². The maximum atomic E-state index is 4.98. The molecular formula is C25H35N4+. The lowest BCUT2D eigenvalue weighted by molar-refractivity contribution is -0.750. The first-order valence-electron chi connectivity index (χ1n) is 10.3. The van der Waals surface area contributed by atoms with Gasteiger partial charge >= 0.3 is 0 Å². The van der Waals surface area contributed by atoms with E-state index in [1.807, 2.05) is 0 Å². The van der Waals surface area contributed by atoms with Crippen LogP contribution in [-0.2, 0) is 24.9 Å². The topological polar surface area (TPSA) is 34.6 Å². The summed E-state index contributed by atoms with van der Waals surface area (Å²) in [6, 6.07) is 8.73. The Morgan fingerprint density at radius 2 is 1.38 bits per heavy atom. The lowest BCUT2D eigenvalue weighted by atomic mass is 9.86. The van der Waals surface area contributed by atoms with Gasteiger partial charge in [0, 0.05) is 27.5 Å². The molecule has 4 nitrogen and oxygen atoms in total. The molecule has 0 atom stereocenters. The first-order chi connectivity index (χ1) is 13.3. The highest BCUT2D eigenvalue weighted by Crippen LogP contribution is 2.32. The number of hydrogen-bond acceptors (Lipinski definition) is 2. The first kappa shape index (κ1) is 21.2. The monoisotopic (exact) mass is 391 g/mol. The fourth-order valence-electron chi connectivity index (χ4n) is 3.59. The summed E-state index contributed by atoms with van der Waals surface area (Å²) in [5.74, 6) is 0.805. The molecule has 3 aromatic rings. The molecule has 2 heterocycles. The third-order valence-corrected chi connectivity index (χ3v) is 5.56. The van der Waals surface area contributed by atoms with E-state index in [9.17, 15) is 0 Å². The molecular weight excluding hydrogens is 356 g/mol. The predicted octanol–water partition coefficient (Wildman–Crippen LogP) is 5.19. The molecule has 1 aromatic carbocycles. The number of hydrogen-bond donors (Lipinski definition) is 0. The van der Waals surface area contributed by atoms with Gasteiger partial charge in [-0.3, -0.25) is 0 Å². The quantitative estimate of drug-likeness (QED) is 0.564. The normalized spacial score (nSPS) is 12.5. The summed E-state index contributed by atoms with van der Waals surface area (Å²) in [4.78, 5) is 9.96. The van der Waals surface area contributed by atoms with Crippen molar-refractivity contribution in [3.8, 4) is 22.6 Å². The molecule has 0 bridgehead atoms. The van der Waals surface area contributed by atoms with Crippen LogP contribution in [-0.4, -0.2) is 14.6 Å². The zero-order valence-electron chi connectivity index (χ0n) is 19.7. The second-order valence-electron chi connectivity index (χ2n) is 10.2. The van der Waals surface area contributed by atoms with Crippen molar-refractivity contribution in [2.45, 2.75) is 66.2 Å². The average Bonchev–Trinajstić information content (AvgIpc) is 2.86. The number of nitrogens with zero attached hydrogens (tertiary/aromatic N) is 4. The Kier molecular flexibility index (Phi) is 5.18. The highest BCUT2D eigenvalue weighted by atomic mass is 15.4. The Morgan fingerprint density at radius 1 is 0.828 bits per heavy atom. The Hall–Kier alpha value is -2.49. The molecule has 0 radical (unpaired) electrons. The molecule has 0 aliphatic heterocycles. The van der Waals surface area contributed by atoms with Crippen LogP contribution in [0.25, 0.3) is 22.6 Å². The molecule has 3 rings (SSSR count). The van der Waals surface area contributed by atoms with Crippen LogP contribution in [0.5, 0.6) is 0 Å². The van der Waals surface area contributed by atoms with Crippen molar-refractivity contribution in [3.63, 3.8) is 0 Å². The molecule has 2 aromatic heterocycles. The molecule has 0 amide bonds. The van der Waals surface area contributed by atoms with Crippen molar-refractivity contribution < 1.29 is 4.68 Å². The van der Waals surface area contributed by atoms with E-state index in [1.165, 1.54) is 22.4 Å². The molecule has 0 spiro atoms. The van der Waals surface area contributed by atoms with Crippen molar-refractivity contribution in [2.75, 3.05) is 0 Å². The van der Waals surface area contributed by atoms with Gasteiger partial charge in [-0.2, -0.15) is 4.68 Å². The average molecular weight is 392 g/mol. The molecule has 0 saturated carbocycles. The minimum atomic E-state index is -0.0341. The van der Waals surface area contributed by atoms with Gasteiger partial charge in [0.2, 0.25) is 0 Å². The first-order valence-corrected chi connectivity index (χ1v) is 10.3. The second-order valence-corrected chi connectivity index (χ2v) is 10.2. The van der Waals surface area contributed by atoms with Gasteiger partial charge in [0.1, 0.15) is 5.69 Å². The highest BCUT2D eigenvalue weighted by molar-refractivity contribution is 5.72. The molecule has 29 heavy (non-hydrogen) atoms. The number of benzene rings is 1. The largest absolute Gasteiger partial charge is 0.233 e. The Labute approximate surface area is 175 Å². The Morgan fingerprint density at radius 3 is 1.83 bits per heavy atom. The fourth-order valence-corrected chi connectivity index (χ4v) is 3.59. The van der Waals surface area contributed by atoms with Gasteiger partial charge < -0.3 is 0 Å². The second kappa shape index (κ2) is 7.08. The molecule has 154 valence electrons. The van der Waals surface area contributed by atoms with Gasteiger partial charge in [-0.15, -0.1) is 4.68 Å². The summed E-state index contributed by atoms with van der Waals surface area (Å²) in [6.07, 6.45) is 2.16. The fraction of sp³-hybridized carbons (Fsp3) is 0.480. The summed E-state index contributed by atoms with van der Waals surface area (Å²) >= 11 is 0. The summed E-state index contributed by atoms with van der Waals surface area (Å²) < 4.78 is 4.31. The summed E-state index contributed by atoms with van der Waals surface area (Å²) in [6.45, 7) is 17.6. The third-order valence-electron chi connectivity index (χ3n) is 5.56. The molecule has 0 aliphatic rings. The van der Waals surface area contributed by atoms with E-state index in [2.05, 4.69) is 109 Å². The minimum absolute atomic E-state index is 0.0341. The SMILES string of the molecule is Cc1ccc(-c2nc(C(C)(C)C)cc(C(C)(C)C)n2)cc1-c1c(C)c[n+](C)n1C.